The molecular weight excluding hydrogens is 226 g/mol. The van der Waals surface area contributed by atoms with Gasteiger partial charge in [-0.2, -0.15) is 0 Å². The maximum atomic E-state index is 9.26. The summed E-state index contributed by atoms with van der Waals surface area (Å²) in [6.45, 7) is 4.25. The van der Waals surface area contributed by atoms with Crippen LogP contribution in [-0.2, 0) is 26.0 Å². The molecule has 0 bridgehead atoms. The van der Waals surface area contributed by atoms with Gasteiger partial charge in [-0.25, -0.2) is 4.68 Å². The van der Waals surface area contributed by atoms with Gasteiger partial charge in [0.2, 0.25) is 0 Å². The summed E-state index contributed by atoms with van der Waals surface area (Å²) in [6, 6.07) is 10.3. The number of aryl methyl sites for hydroxylation is 1. The summed E-state index contributed by atoms with van der Waals surface area (Å²) in [5.74, 6) is 0. The standard InChI is InChI=1S/C14H17N3O/c1-2-10-17-14(13(11-18)15-16-17)9-8-12-6-4-3-5-7-12/h2-7,18H,1,8-11H2. The zero-order chi connectivity index (χ0) is 12.8. The lowest BCUT2D eigenvalue weighted by molar-refractivity contribution is 0.275. The molecule has 0 amide bonds. The van der Waals surface area contributed by atoms with Gasteiger partial charge in [-0.1, -0.05) is 41.6 Å². The van der Waals surface area contributed by atoms with E-state index in [9.17, 15) is 5.11 Å². The second kappa shape index (κ2) is 6.12. The molecule has 0 aliphatic rings. The molecule has 0 spiro atoms. The summed E-state index contributed by atoms with van der Waals surface area (Å²) in [7, 11) is 0. The van der Waals surface area contributed by atoms with Crippen LogP contribution in [0.15, 0.2) is 43.0 Å². The fourth-order valence-corrected chi connectivity index (χ4v) is 1.94. The van der Waals surface area contributed by atoms with Gasteiger partial charge < -0.3 is 5.11 Å². The van der Waals surface area contributed by atoms with Crippen LogP contribution >= 0.6 is 0 Å². The van der Waals surface area contributed by atoms with E-state index < -0.39 is 0 Å². The van der Waals surface area contributed by atoms with Crippen LogP contribution in [0.4, 0.5) is 0 Å². The van der Waals surface area contributed by atoms with Crippen LogP contribution in [0.5, 0.6) is 0 Å². The van der Waals surface area contributed by atoms with Gasteiger partial charge in [-0.05, 0) is 18.4 Å². The zero-order valence-corrected chi connectivity index (χ0v) is 10.3. The molecule has 1 aromatic heterocycles. The van der Waals surface area contributed by atoms with Crippen molar-refractivity contribution in [3.05, 3.63) is 59.9 Å². The van der Waals surface area contributed by atoms with Gasteiger partial charge in [0, 0.05) is 0 Å². The SMILES string of the molecule is C=CCn1nnc(CO)c1CCc1ccccc1. The number of aromatic nitrogens is 3. The average molecular weight is 243 g/mol. The molecule has 0 aliphatic heterocycles. The van der Waals surface area contributed by atoms with Crippen LogP contribution in [0.1, 0.15) is 17.0 Å². The van der Waals surface area contributed by atoms with Gasteiger partial charge in [0.1, 0.15) is 5.69 Å². The zero-order valence-electron chi connectivity index (χ0n) is 10.3. The molecule has 4 nitrogen and oxygen atoms in total. The lowest BCUT2D eigenvalue weighted by atomic mass is 10.1. The predicted molar refractivity (Wildman–Crippen MR) is 70.0 cm³/mol. The molecule has 1 N–H and O–H groups in total. The second-order valence-electron chi connectivity index (χ2n) is 4.10. The van der Waals surface area contributed by atoms with Gasteiger partial charge in [0.15, 0.2) is 0 Å². The minimum atomic E-state index is -0.0682. The molecule has 0 unspecified atom stereocenters. The fraction of sp³-hybridized carbons (Fsp3) is 0.286. The summed E-state index contributed by atoms with van der Waals surface area (Å²) in [5, 5.41) is 17.3. The number of aliphatic hydroxyl groups is 1. The molecule has 4 heteroatoms. The quantitative estimate of drug-likeness (QED) is 0.786. The van der Waals surface area contributed by atoms with Crippen molar-refractivity contribution in [1.29, 1.82) is 0 Å². The Morgan fingerprint density at radius 2 is 2.00 bits per heavy atom. The van der Waals surface area contributed by atoms with E-state index >= 15 is 0 Å². The monoisotopic (exact) mass is 243 g/mol. The molecule has 0 atom stereocenters. The Hall–Kier alpha value is -1.94. The summed E-state index contributed by atoms with van der Waals surface area (Å²) in [6.07, 6.45) is 3.51. The molecule has 0 aliphatic carbocycles. The minimum absolute atomic E-state index is 0.0682. The maximum absolute atomic E-state index is 9.26. The first-order valence-electron chi connectivity index (χ1n) is 6.02. The number of nitrogens with zero attached hydrogens (tertiary/aromatic N) is 3. The van der Waals surface area contributed by atoms with Crippen LogP contribution in [0.25, 0.3) is 0 Å². The first-order chi connectivity index (χ1) is 8.85. The third-order valence-electron chi connectivity index (χ3n) is 2.86. The fourth-order valence-electron chi connectivity index (χ4n) is 1.94. The number of hydrogen-bond donors (Lipinski definition) is 1. The summed E-state index contributed by atoms with van der Waals surface area (Å²) in [4.78, 5) is 0. The summed E-state index contributed by atoms with van der Waals surface area (Å²) >= 11 is 0. The van der Waals surface area contributed by atoms with Crippen molar-refractivity contribution in [3.8, 4) is 0 Å². The van der Waals surface area contributed by atoms with Crippen LogP contribution in [0.2, 0.25) is 0 Å². The first kappa shape index (κ1) is 12.5. The Labute approximate surface area is 107 Å². The molecule has 1 aromatic carbocycles. The normalized spacial score (nSPS) is 10.5. The second-order valence-corrected chi connectivity index (χ2v) is 4.10. The molecule has 2 rings (SSSR count). The van der Waals surface area contributed by atoms with Crippen molar-refractivity contribution in [2.45, 2.75) is 26.0 Å². The molecule has 0 saturated heterocycles. The average Bonchev–Trinajstić information content (AvgIpc) is 2.80. The molecule has 2 aromatic rings. The molecule has 0 radical (unpaired) electrons. The Bertz CT molecular complexity index is 505. The van der Waals surface area contributed by atoms with Gasteiger partial charge in [-0.3, -0.25) is 0 Å². The Balaban J connectivity index is 2.12. The Kier molecular flexibility index (Phi) is 4.25. The van der Waals surface area contributed by atoms with Crippen LogP contribution < -0.4 is 0 Å². The highest BCUT2D eigenvalue weighted by Crippen LogP contribution is 2.11. The number of benzene rings is 1. The van der Waals surface area contributed by atoms with E-state index in [1.807, 2.05) is 18.2 Å². The van der Waals surface area contributed by atoms with E-state index in [-0.39, 0.29) is 6.61 Å². The largest absolute Gasteiger partial charge is 0.390 e. The van der Waals surface area contributed by atoms with E-state index in [1.165, 1.54) is 5.56 Å². The van der Waals surface area contributed by atoms with Crippen molar-refractivity contribution in [2.24, 2.45) is 0 Å². The molecule has 94 valence electrons. The molecule has 18 heavy (non-hydrogen) atoms. The van der Waals surface area contributed by atoms with Crippen molar-refractivity contribution < 1.29 is 5.11 Å². The van der Waals surface area contributed by atoms with E-state index in [1.54, 1.807) is 10.8 Å². The third kappa shape index (κ3) is 2.84. The number of hydrogen-bond acceptors (Lipinski definition) is 3. The van der Waals surface area contributed by atoms with E-state index in [0.29, 0.717) is 12.2 Å². The first-order valence-corrected chi connectivity index (χ1v) is 6.02. The van der Waals surface area contributed by atoms with Gasteiger partial charge in [0.25, 0.3) is 0 Å². The lowest BCUT2D eigenvalue weighted by Crippen LogP contribution is -2.06. The van der Waals surface area contributed by atoms with E-state index in [0.717, 1.165) is 18.5 Å². The highest BCUT2D eigenvalue weighted by Gasteiger charge is 2.11. The number of rotatable bonds is 6. The highest BCUT2D eigenvalue weighted by atomic mass is 16.3. The molecule has 0 saturated carbocycles. The van der Waals surface area contributed by atoms with E-state index in [4.69, 9.17) is 0 Å². The van der Waals surface area contributed by atoms with Crippen molar-refractivity contribution in [1.82, 2.24) is 15.0 Å². The molecular formula is C14H17N3O. The Morgan fingerprint density at radius 1 is 1.22 bits per heavy atom. The summed E-state index contributed by atoms with van der Waals surface area (Å²) in [5.41, 5.74) is 2.92. The van der Waals surface area contributed by atoms with Gasteiger partial charge >= 0.3 is 0 Å². The summed E-state index contributed by atoms with van der Waals surface area (Å²) < 4.78 is 1.79. The van der Waals surface area contributed by atoms with Gasteiger partial charge in [-0.15, -0.1) is 11.7 Å². The predicted octanol–water partition coefficient (Wildman–Crippen LogP) is 1.74. The van der Waals surface area contributed by atoms with Crippen LogP contribution in [-0.4, -0.2) is 20.1 Å². The van der Waals surface area contributed by atoms with Gasteiger partial charge in [0.05, 0.1) is 18.8 Å². The molecule has 0 fully saturated rings. The van der Waals surface area contributed by atoms with Crippen LogP contribution in [0, 0.1) is 0 Å². The number of aliphatic hydroxyl groups excluding tert-OH is 1. The van der Waals surface area contributed by atoms with Crippen molar-refractivity contribution >= 4 is 0 Å². The molecule has 1 heterocycles. The highest BCUT2D eigenvalue weighted by molar-refractivity contribution is 5.18. The number of allylic oxidation sites excluding steroid dienone is 1. The third-order valence-corrected chi connectivity index (χ3v) is 2.86. The minimum Gasteiger partial charge on any atom is -0.390 e. The Morgan fingerprint density at radius 3 is 2.67 bits per heavy atom. The lowest BCUT2D eigenvalue weighted by Gasteiger charge is -2.05. The van der Waals surface area contributed by atoms with E-state index in [2.05, 4.69) is 29.0 Å². The van der Waals surface area contributed by atoms with Crippen molar-refractivity contribution in [3.63, 3.8) is 0 Å². The maximum Gasteiger partial charge on any atom is 0.111 e. The topological polar surface area (TPSA) is 50.9 Å². The van der Waals surface area contributed by atoms with Crippen molar-refractivity contribution in [2.75, 3.05) is 0 Å². The van der Waals surface area contributed by atoms with Crippen LogP contribution in [0.3, 0.4) is 0 Å². The smallest absolute Gasteiger partial charge is 0.111 e.